The third-order valence-electron chi connectivity index (χ3n) is 5.86. The van der Waals surface area contributed by atoms with Crippen LogP contribution in [0, 0.1) is 0 Å². The van der Waals surface area contributed by atoms with E-state index in [0.717, 1.165) is 49.6 Å². The Hall–Kier alpha value is -2.90. The monoisotopic (exact) mass is 438 g/mol. The summed E-state index contributed by atoms with van der Waals surface area (Å²) in [5.41, 5.74) is 1.95. The molecule has 2 N–H and O–H groups in total. The molecule has 1 aliphatic rings. The van der Waals surface area contributed by atoms with Crippen LogP contribution in [0.3, 0.4) is 0 Å². The molecule has 2 unspecified atom stereocenters. The van der Waals surface area contributed by atoms with E-state index < -0.39 is 6.04 Å². The molecule has 3 rings (SSSR count). The largest absolute Gasteiger partial charge is 0.497 e. The first-order valence-electron chi connectivity index (χ1n) is 11.1. The Balaban J connectivity index is 1.70. The molecule has 1 aliphatic heterocycles. The van der Waals surface area contributed by atoms with Gasteiger partial charge in [-0.05, 0) is 30.3 Å². The SMILES string of the molecule is COc1ccc(C(CC(=O)NC(CN2CCN(C)CC2)c2ccccc2)NC(C)=O)cc1. The third-order valence-corrected chi connectivity index (χ3v) is 5.86. The molecule has 2 amide bonds. The molecule has 0 saturated carbocycles. The summed E-state index contributed by atoms with van der Waals surface area (Å²) in [5.74, 6) is 0.467. The predicted molar refractivity (Wildman–Crippen MR) is 125 cm³/mol. The van der Waals surface area contributed by atoms with Crippen LogP contribution < -0.4 is 15.4 Å². The zero-order valence-electron chi connectivity index (χ0n) is 19.2. The molecule has 32 heavy (non-hydrogen) atoms. The first-order chi connectivity index (χ1) is 15.4. The van der Waals surface area contributed by atoms with E-state index in [2.05, 4.69) is 39.6 Å². The lowest BCUT2D eigenvalue weighted by molar-refractivity contribution is -0.123. The Morgan fingerprint density at radius 1 is 0.906 bits per heavy atom. The van der Waals surface area contributed by atoms with Crippen LogP contribution in [0.2, 0.25) is 0 Å². The summed E-state index contributed by atoms with van der Waals surface area (Å²) < 4.78 is 5.22. The van der Waals surface area contributed by atoms with Gasteiger partial charge in [-0.2, -0.15) is 0 Å². The van der Waals surface area contributed by atoms with Gasteiger partial charge < -0.3 is 20.3 Å². The van der Waals surface area contributed by atoms with E-state index in [1.165, 1.54) is 6.92 Å². The Kier molecular flexibility index (Phi) is 8.64. The molecule has 172 valence electrons. The number of nitrogens with one attached hydrogen (secondary N) is 2. The summed E-state index contributed by atoms with van der Waals surface area (Å²) in [6.45, 7) is 6.24. The number of nitrogens with zero attached hydrogens (tertiary/aromatic N) is 2. The summed E-state index contributed by atoms with van der Waals surface area (Å²) in [5, 5.41) is 6.12. The van der Waals surface area contributed by atoms with Gasteiger partial charge in [-0.1, -0.05) is 42.5 Å². The van der Waals surface area contributed by atoms with Crippen molar-refractivity contribution in [1.29, 1.82) is 0 Å². The third kappa shape index (κ3) is 7.07. The van der Waals surface area contributed by atoms with Gasteiger partial charge in [-0.15, -0.1) is 0 Å². The molecule has 0 aromatic heterocycles. The van der Waals surface area contributed by atoms with E-state index in [9.17, 15) is 9.59 Å². The zero-order chi connectivity index (χ0) is 22.9. The Bertz CT molecular complexity index is 865. The average molecular weight is 439 g/mol. The van der Waals surface area contributed by atoms with Crippen LogP contribution in [0.25, 0.3) is 0 Å². The van der Waals surface area contributed by atoms with E-state index in [0.29, 0.717) is 0 Å². The number of amides is 2. The molecule has 1 fully saturated rings. The van der Waals surface area contributed by atoms with Crippen LogP contribution in [0.1, 0.15) is 36.6 Å². The molecule has 2 aromatic rings. The van der Waals surface area contributed by atoms with Gasteiger partial charge in [0, 0.05) is 39.6 Å². The predicted octanol–water partition coefficient (Wildman–Crippen LogP) is 2.37. The van der Waals surface area contributed by atoms with Crippen molar-refractivity contribution in [3.05, 3.63) is 65.7 Å². The second-order valence-electron chi connectivity index (χ2n) is 8.37. The minimum Gasteiger partial charge on any atom is -0.497 e. The highest BCUT2D eigenvalue weighted by Crippen LogP contribution is 2.22. The summed E-state index contributed by atoms with van der Waals surface area (Å²) in [6, 6.07) is 17.0. The van der Waals surface area contributed by atoms with Crippen molar-refractivity contribution in [3.8, 4) is 5.75 Å². The highest BCUT2D eigenvalue weighted by molar-refractivity contribution is 5.79. The normalized spacial score (nSPS) is 16.7. The number of carbonyl (C=O) groups is 2. The number of hydrogen-bond donors (Lipinski definition) is 2. The maximum atomic E-state index is 13.1. The Morgan fingerprint density at radius 2 is 1.53 bits per heavy atom. The Labute approximate surface area is 190 Å². The minimum absolute atomic E-state index is 0.0949. The highest BCUT2D eigenvalue weighted by atomic mass is 16.5. The van der Waals surface area contributed by atoms with Gasteiger partial charge in [0.2, 0.25) is 11.8 Å². The van der Waals surface area contributed by atoms with E-state index in [-0.39, 0.29) is 24.3 Å². The quantitative estimate of drug-likeness (QED) is 0.629. The fourth-order valence-corrected chi connectivity index (χ4v) is 3.98. The van der Waals surface area contributed by atoms with Gasteiger partial charge in [0.25, 0.3) is 0 Å². The summed E-state index contributed by atoms with van der Waals surface area (Å²) in [4.78, 5) is 29.6. The van der Waals surface area contributed by atoms with Gasteiger partial charge in [-0.3, -0.25) is 14.5 Å². The molecule has 1 heterocycles. The number of rotatable bonds is 9. The molecule has 2 aromatic carbocycles. The lowest BCUT2D eigenvalue weighted by Crippen LogP contribution is -2.48. The van der Waals surface area contributed by atoms with E-state index in [1.54, 1.807) is 7.11 Å². The number of hydrogen-bond acceptors (Lipinski definition) is 5. The van der Waals surface area contributed by atoms with E-state index in [4.69, 9.17) is 4.74 Å². The van der Waals surface area contributed by atoms with Crippen molar-refractivity contribution in [2.75, 3.05) is 46.9 Å². The number of methoxy groups -OCH3 is 1. The first-order valence-corrected chi connectivity index (χ1v) is 11.1. The standard InChI is InChI=1S/C25H34N4O3/c1-19(30)26-23(21-9-11-22(32-3)12-10-21)17-25(31)27-24(20-7-5-4-6-8-20)18-29-15-13-28(2)14-16-29/h4-12,23-24H,13-18H2,1-3H3,(H,26,30)(H,27,31). The zero-order valence-corrected chi connectivity index (χ0v) is 19.2. The number of ether oxygens (including phenoxy) is 1. The van der Waals surface area contributed by atoms with E-state index in [1.807, 2.05) is 42.5 Å². The fraction of sp³-hybridized carbons (Fsp3) is 0.440. The molecule has 0 spiro atoms. The smallest absolute Gasteiger partial charge is 0.222 e. The van der Waals surface area contributed by atoms with Crippen molar-refractivity contribution < 1.29 is 14.3 Å². The van der Waals surface area contributed by atoms with Gasteiger partial charge in [0.1, 0.15) is 5.75 Å². The number of piperazine rings is 1. The van der Waals surface area contributed by atoms with E-state index >= 15 is 0 Å². The highest BCUT2D eigenvalue weighted by Gasteiger charge is 2.23. The molecule has 7 nitrogen and oxygen atoms in total. The van der Waals surface area contributed by atoms with Crippen LogP contribution in [0.5, 0.6) is 5.75 Å². The van der Waals surface area contributed by atoms with Gasteiger partial charge in [0.05, 0.1) is 25.6 Å². The summed E-state index contributed by atoms with van der Waals surface area (Å²) in [7, 11) is 3.74. The van der Waals surface area contributed by atoms with Crippen LogP contribution in [0.15, 0.2) is 54.6 Å². The fourth-order valence-electron chi connectivity index (χ4n) is 3.98. The molecule has 2 atom stereocenters. The van der Waals surface area contributed by atoms with Crippen molar-refractivity contribution in [1.82, 2.24) is 20.4 Å². The maximum absolute atomic E-state index is 13.1. The van der Waals surface area contributed by atoms with Crippen LogP contribution in [-0.2, 0) is 9.59 Å². The van der Waals surface area contributed by atoms with Crippen LogP contribution in [-0.4, -0.2) is 68.5 Å². The maximum Gasteiger partial charge on any atom is 0.222 e. The number of carbonyl (C=O) groups excluding carboxylic acids is 2. The molecule has 0 aliphatic carbocycles. The molecular weight excluding hydrogens is 404 g/mol. The number of likely N-dealkylation sites (N-methyl/N-ethyl adjacent to an activating group) is 1. The number of benzene rings is 2. The summed E-state index contributed by atoms with van der Waals surface area (Å²) in [6.07, 6.45) is 0.165. The Morgan fingerprint density at radius 3 is 2.12 bits per heavy atom. The molecule has 1 saturated heterocycles. The van der Waals surface area contributed by atoms with Crippen LogP contribution >= 0.6 is 0 Å². The molecular formula is C25H34N4O3. The van der Waals surface area contributed by atoms with Gasteiger partial charge in [-0.25, -0.2) is 0 Å². The van der Waals surface area contributed by atoms with Gasteiger partial charge in [0.15, 0.2) is 0 Å². The second-order valence-corrected chi connectivity index (χ2v) is 8.37. The van der Waals surface area contributed by atoms with Crippen molar-refractivity contribution in [2.45, 2.75) is 25.4 Å². The average Bonchev–Trinajstić information content (AvgIpc) is 2.80. The summed E-state index contributed by atoms with van der Waals surface area (Å²) >= 11 is 0. The first kappa shape index (κ1) is 23.8. The van der Waals surface area contributed by atoms with Gasteiger partial charge >= 0.3 is 0 Å². The van der Waals surface area contributed by atoms with Crippen molar-refractivity contribution in [3.63, 3.8) is 0 Å². The topological polar surface area (TPSA) is 73.9 Å². The molecule has 7 heteroatoms. The minimum atomic E-state index is -0.404. The molecule has 0 bridgehead atoms. The van der Waals surface area contributed by atoms with Crippen molar-refractivity contribution >= 4 is 11.8 Å². The second kappa shape index (κ2) is 11.6. The molecule has 0 radical (unpaired) electrons. The van der Waals surface area contributed by atoms with Crippen LogP contribution in [0.4, 0.5) is 0 Å². The lowest BCUT2D eigenvalue weighted by atomic mass is 10.0. The lowest BCUT2D eigenvalue weighted by Gasteiger charge is -2.35. The van der Waals surface area contributed by atoms with Crippen molar-refractivity contribution in [2.24, 2.45) is 0 Å².